The molecule has 6 nitrogen and oxygen atoms in total. The molecule has 0 spiro atoms. The Morgan fingerprint density at radius 1 is 1.11 bits per heavy atom. The normalized spacial score (nSPS) is 24.1. The highest BCUT2D eigenvalue weighted by atomic mass is 35.5. The third-order valence-corrected chi connectivity index (χ3v) is 9.89. The van der Waals surface area contributed by atoms with Crippen molar-refractivity contribution < 1.29 is 31.5 Å². The summed E-state index contributed by atoms with van der Waals surface area (Å²) >= 11 is 6.26. The number of hydrogen-bond donors (Lipinski definition) is 2. The highest BCUT2D eigenvalue weighted by molar-refractivity contribution is 7.92. The molecule has 11 heteroatoms. The topological polar surface area (TPSA) is 96.4 Å². The minimum absolute atomic E-state index is 0.116. The van der Waals surface area contributed by atoms with Crippen LogP contribution < -0.4 is 5.32 Å². The first-order valence-corrected chi connectivity index (χ1v) is 13.6. The predicted molar refractivity (Wildman–Crippen MR) is 134 cm³/mol. The van der Waals surface area contributed by atoms with Gasteiger partial charge in [-0.05, 0) is 61.4 Å². The number of rotatable bonds is 4. The summed E-state index contributed by atoms with van der Waals surface area (Å²) in [6.07, 6.45) is 2.76. The number of amides is 1. The van der Waals surface area contributed by atoms with E-state index in [1.165, 1.54) is 12.1 Å². The van der Waals surface area contributed by atoms with Gasteiger partial charge >= 0.3 is 0 Å². The summed E-state index contributed by atoms with van der Waals surface area (Å²) in [4.78, 5) is 16.6. The summed E-state index contributed by atoms with van der Waals surface area (Å²) in [7, 11) is -4.13. The van der Waals surface area contributed by atoms with Gasteiger partial charge in [0.2, 0.25) is 0 Å². The molecular weight excluding hydrogens is 541 g/mol. The molecule has 0 saturated heterocycles. The molecule has 1 heterocycles. The first kappa shape index (κ1) is 26.2. The number of aromatic nitrogens is 1. The number of nitrogens with zero attached hydrogens (tertiary/aromatic N) is 1. The van der Waals surface area contributed by atoms with E-state index in [-0.39, 0.29) is 33.5 Å². The van der Waals surface area contributed by atoms with Gasteiger partial charge in [-0.1, -0.05) is 23.6 Å². The smallest absolute Gasteiger partial charge is 0.255 e. The molecule has 2 N–H and O–H groups in total. The molecule has 4 atom stereocenters. The zero-order valence-electron chi connectivity index (χ0n) is 19.6. The lowest BCUT2D eigenvalue weighted by Crippen LogP contribution is -2.37. The summed E-state index contributed by atoms with van der Waals surface area (Å²) in [5, 5.41) is 12.4. The third kappa shape index (κ3) is 4.66. The molecule has 2 aromatic carbocycles. The molecule has 0 radical (unpaired) electrons. The average molecular weight is 561 g/mol. The molecular formula is C27H20ClF3N2O4S. The highest BCUT2D eigenvalue weighted by Gasteiger charge is 2.61. The van der Waals surface area contributed by atoms with E-state index in [4.69, 9.17) is 11.6 Å². The van der Waals surface area contributed by atoms with E-state index < -0.39 is 50.0 Å². The van der Waals surface area contributed by atoms with E-state index in [0.717, 1.165) is 6.07 Å². The number of carbonyl (C=O) groups is 1. The molecule has 2 fully saturated rings. The van der Waals surface area contributed by atoms with Crippen LogP contribution >= 0.6 is 11.6 Å². The number of anilines is 1. The van der Waals surface area contributed by atoms with Crippen LogP contribution in [0, 0.1) is 41.1 Å². The molecule has 0 aliphatic heterocycles. The quantitative estimate of drug-likeness (QED) is 0.354. The van der Waals surface area contributed by atoms with E-state index in [2.05, 4.69) is 22.1 Å². The van der Waals surface area contributed by atoms with Crippen molar-refractivity contribution >= 4 is 33.0 Å². The number of pyridine rings is 1. The van der Waals surface area contributed by atoms with Crippen molar-refractivity contribution in [2.24, 2.45) is 11.8 Å². The van der Waals surface area contributed by atoms with Crippen LogP contribution in [0.15, 0.2) is 59.6 Å². The van der Waals surface area contributed by atoms with E-state index in [0.29, 0.717) is 30.7 Å². The minimum atomic E-state index is -4.13. The Labute approximate surface area is 221 Å². The summed E-state index contributed by atoms with van der Waals surface area (Å²) in [5.74, 6) is -0.915. The van der Waals surface area contributed by atoms with Crippen molar-refractivity contribution in [2.75, 3.05) is 5.32 Å². The van der Waals surface area contributed by atoms with E-state index in [9.17, 15) is 31.5 Å². The number of benzene rings is 2. The van der Waals surface area contributed by atoms with Gasteiger partial charge in [-0.2, -0.15) is 0 Å². The van der Waals surface area contributed by atoms with E-state index >= 15 is 0 Å². The molecule has 2 aliphatic rings. The lowest BCUT2D eigenvalue weighted by Gasteiger charge is -2.27. The number of aliphatic hydroxyl groups is 1. The molecule has 1 aromatic heterocycles. The van der Waals surface area contributed by atoms with Crippen LogP contribution in [0.5, 0.6) is 0 Å². The Morgan fingerprint density at radius 2 is 1.84 bits per heavy atom. The SMILES string of the molecule is O=C(Nc1cc(F)c(F)c(F)c1)c1ccc(Cl)c(S(=O)(=O)[C@@H]2C3CCC2[C@](O)(C#Cc2ccccn2)C3)c1. The minimum Gasteiger partial charge on any atom is -0.377 e. The number of carbonyl (C=O) groups excluding carboxylic acids is 1. The molecule has 2 saturated carbocycles. The second kappa shape index (κ2) is 9.73. The van der Waals surface area contributed by atoms with Crippen LogP contribution in [0.3, 0.4) is 0 Å². The van der Waals surface area contributed by atoms with Crippen LogP contribution in [0.4, 0.5) is 18.9 Å². The van der Waals surface area contributed by atoms with Crippen molar-refractivity contribution in [2.45, 2.75) is 35.0 Å². The van der Waals surface area contributed by atoms with Gasteiger partial charge in [0.1, 0.15) is 11.3 Å². The zero-order chi connectivity index (χ0) is 27.2. The maximum atomic E-state index is 13.8. The van der Waals surface area contributed by atoms with Crippen LogP contribution in [-0.2, 0) is 9.84 Å². The number of sulfone groups is 1. The van der Waals surface area contributed by atoms with Gasteiger partial charge in [0.05, 0.1) is 15.2 Å². The average Bonchev–Trinajstić information content (AvgIpc) is 3.43. The standard InChI is InChI=1S/C27H20ClF3N2O4S/c28-20-7-5-15(26(34)33-18-12-21(29)24(31)22(30)13-18)11-23(20)38(36,37)25-16-4-6-19(25)27(35,14-16)9-8-17-3-1-2-10-32-17/h1-3,5,7,10-13,16,19,25,35H,4,6,14H2,(H,33,34)/t16?,19?,25-,27+/m1/s1. The predicted octanol–water partition coefficient (Wildman–Crippen LogP) is 4.76. The van der Waals surface area contributed by atoms with Crippen LogP contribution in [0.25, 0.3) is 0 Å². The molecule has 2 bridgehead atoms. The number of halogens is 4. The highest BCUT2D eigenvalue weighted by Crippen LogP contribution is 2.55. The van der Waals surface area contributed by atoms with E-state index in [1.54, 1.807) is 24.4 Å². The lowest BCUT2D eigenvalue weighted by molar-refractivity contribution is 0.0440. The summed E-state index contributed by atoms with van der Waals surface area (Å²) in [6, 6.07) is 9.95. The van der Waals surface area contributed by atoms with Crippen molar-refractivity contribution in [3.8, 4) is 11.8 Å². The van der Waals surface area contributed by atoms with Gasteiger partial charge in [-0.25, -0.2) is 26.6 Å². The fourth-order valence-electron chi connectivity index (χ4n) is 5.39. The number of nitrogens with one attached hydrogen (secondary N) is 1. The van der Waals surface area contributed by atoms with Crippen molar-refractivity contribution in [3.63, 3.8) is 0 Å². The Kier molecular flexibility index (Phi) is 6.71. The Morgan fingerprint density at radius 3 is 2.53 bits per heavy atom. The molecule has 3 aromatic rings. The van der Waals surface area contributed by atoms with Gasteiger partial charge in [0.25, 0.3) is 5.91 Å². The van der Waals surface area contributed by atoms with Crippen LogP contribution in [-0.4, -0.2) is 35.3 Å². The molecule has 38 heavy (non-hydrogen) atoms. The van der Waals surface area contributed by atoms with Crippen molar-refractivity contribution in [3.05, 3.63) is 88.5 Å². The lowest BCUT2D eigenvalue weighted by atomic mass is 9.85. The molecule has 2 aliphatic carbocycles. The van der Waals surface area contributed by atoms with Crippen LogP contribution in [0.1, 0.15) is 35.3 Å². The molecule has 196 valence electrons. The van der Waals surface area contributed by atoms with Gasteiger partial charge < -0.3 is 10.4 Å². The van der Waals surface area contributed by atoms with Crippen molar-refractivity contribution in [1.82, 2.24) is 4.98 Å². The first-order valence-electron chi connectivity index (χ1n) is 11.7. The van der Waals surface area contributed by atoms with E-state index in [1.807, 2.05) is 0 Å². The molecule has 1 amide bonds. The largest absolute Gasteiger partial charge is 0.377 e. The Balaban J connectivity index is 1.43. The fourth-order valence-corrected chi connectivity index (χ4v) is 8.29. The summed E-state index contributed by atoms with van der Waals surface area (Å²) < 4.78 is 67.9. The number of fused-ring (bicyclic) bond motifs is 2. The Hall–Kier alpha value is -3.39. The van der Waals surface area contributed by atoms with Crippen molar-refractivity contribution in [1.29, 1.82) is 0 Å². The molecule has 5 rings (SSSR count). The van der Waals surface area contributed by atoms with Crippen LogP contribution in [0.2, 0.25) is 5.02 Å². The monoisotopic (exact) mass is 560 g/mol. The fraction of sp³-hybridized carbons (Fsp3) is 0.259. The first-order chi connectivity index (χ1) is 18.0. The van der Waals surface area contributed by atoms with Gasteiger partial charge in [0, 0.05) is 35.5 Å². The zero-order valence-corrected chi connectivity index (χ0v) is 21.2. The number of hydrogen-bond acceptors (Lipinski definition) is 5. The second-order valence-corrected chi connectivity index (χ2v) is 11.9. The van der Waals surface area contributed by atoms with Gasteiger partial charge in [-0.15, -0.1) is 0 Å². The maximum Gasteiger partial charge on any atom is 0.255 e. The summed E-state index contributed by atoms with van der Waals surface area (Å²) in [6.45, 7) is 0. The molecule has 2 unspecified atom stereocenters. The third-order valence-electron chi connectivity index (χ3n) is 7.07. The van der Waals surface area contributed by atoms with Gasteiger partial charge in [0.15, 0.2) is 27.3 Å². The maximum absolute atomic E-state index is 13.8. The summed E-state index contributed by atoms with van der Waals surface area (Å²) in [5.41, 5.74) is -1.58. The van der Waals surface area contributed by atoms with Gasteiger partial charge in [-0.3, -0.25) is 4.79 Å². The second-order valence-electron chi connectivity index (χ2n) is 9.40. The Bertz CT molecular complexity index is 1580.